The molecule has 4 heteroatoms. The van der Waals surface area contributed by atoms with E-state index in [0.29, 0.717) is 24.8 Å². The van der Waals surface area contributed by atoms with Crippen molar-refractivity contribution in [2.75, 3.05) is 19.4 Å². The van der Waals surface area contributed by atoms with Crippen molar-refractivity contribution in [3.05, 3.63) is 24.3 Å². The van der Waals surface area contributed by atoms with Crippen molar-refractivity contribution >= 4 is 11.6 Å². The van der Waals surface area contributed by atoms with Crippen molar-refractivity contribution in [3.63, 3.8) is 0 Å². The molecule has 1 saturated carbocycles. The van der Waals surface area contributed by atoms with E-state index in [-0.39, 0.29) is 5.91 Å². The highest BCUT2D eigenvalue weighted by atomic mass is 16.5. The van der Waals surface area contributed by atoms with Gasteiger partial charge in [0.1, 0.15) is 5.75 Å². The molecule has 0 spiro atoms. The van der Waals surface area contributed by atoms with Crippen LogP contribution in [0.25, 0.3) is 0 Å². The van der Waals surface area contributed by atoms with Crippen molar-refractivity contribution in [1.82, 2.24) is 4.90 Å². The Hall–Kier alpha value is -1.71. The third-order valence-corrected chi connectivity index (χ3v) is 3.71. The molecule has 0 aromatic heterocycles. The number of ether oxygens (including phenoxy) is 1. The third-order valence-electron chi connectivity index (χ3n) is 3.71. The second kappa shape index (κ2) is 6.45. The van der Waals surface area contributed by atoms with Crippen LogP contribution >= 0.6 is 0 Å². The normalized spacial score (nSPS) is 15.4. The number of anilines is 1. The summed E-state index contributed by atoms with van der Waals surface area (Å²) in [5.41, 5.74) is 6.34. The van der Waals surface area contributed by atoms with Gasteiger partial charge in [-0.25, -0.2) is 0 Å². The maximum atomic E-state index is 12.0. The summed E-state index contributed by atoms with van der Waals surface area (Å²) in [7, 11) is 1.90. The highest BCUT2D eigenvalue weighted by molar-refractivity contribution is 5.76. The summed E-state index contributed by atoms with van der Waals surface area (Å²) >= 11 is 0. The van der Waals surface area contributed by atoms with Gasteiger partial charge < -0.3 is 15.4 Å². The van der Waals surface area contributed by atoms with Gasteiger partial charge in [-0.05, 0) is 25.0 Å². The summed E-state index contributed by atoms with van der Waals surface area (Å²) in [6.07, 6.45) is 5.17. The van der Waals surface area contributed by atoms with E-state index in [2.05, 4.69) is 0 Å². The number of hydrogen-bond donors (Lipinski definition) is 1. The Morgan fingerprint density at radius 1 is 1.42 bits per heavy atom. The van der Waals surface area contributed by atoms with Crippen molar-refractivity contribution in [2.24, 2.45) is 0 Å². The lowest BCUT2D eigenvalue weighted by molar-refractivity contribution is -0.132. The topological polar surface area (TPSA) is 55.6 Å². The van der Waals surface area contributed by atoms with Crippen LogP contribution in [0.2, 0.25) is 0 Å². The number of nitrogen functional groups attached to an aromatic ring is 1. The summed E-state index contributed by atoms with van der Waals surface area (Å²) in [6, 6.07) is 7.70. The Morgan fingerprint density at radius 3 is 2.84 bits per heavy atom. The van der Waals surface area contributed by atoms with Gasteiger partial charge in [0.15, 0.2) is 0 Å². The molecule has 4 nitrogen and oxygen atoms in total. The molecule has 0 saturated heterocycles. The lowest BCUT2D eigenvalue weighted by Crippen LogP contribution is -2.35. The largest absolute Gasteiger partial charge is 0.493 e. The highest BCUT2D eigenvalue weighted by Crippen LogP contribution is 2.22. The zero-order valence-corrected chi connectivity index (χ0v) is 11.5. The van der Waals surface area contributed by atoms with E-state index in [9.17, 15) is 4.79 Å². The fraction of sp³-hybridized carbons (Fsp3) is 0.533. The highest BCUT2D eigenvalue weighted by Gasteiger charge is 2.22. The van der Waals surface area contributed by atoms with Gasteiger partial charge in [-0.3, -0.25) is 4.79 Å². The zero-order chi connectivity index (χ0) is 13.7. The number of amides is 1. The van der Waals surface area contributed by atoms with Crippen molar-refractivity contribution in [3.8, 4) is 5.75 Å². The molecule has 2 N–H and O–H groups in total. The lowest BCUT2D eigenvalue weighted by atomic mass is 10.2. The molecule has 0 unspecified atom stereocenters. The summed E-state index contributed by atoms with van der Waals surface area (Å²) in [5, 5.41) is 0. The molecular formula is C15H22N2O2. The minimum Gasteiger partial charge on any atom is -0.493 e. The minimum absolute atomic E-state index is 0.163. The third kappa shape index (κ3) is 3.88. The molecule has 1 aromatic carbocycles. The lowest BCUT2D eigenvalue weighted by Gasteiger charge is -2.24. The first-order valence-corrected chi connectivity index (χ1v) is 6.91. The van der Waals surface area contributed by atoms with E-state index < -0.39 is 0 Å². The summed E-state index contributed by atoms with van der Waals surface area (Å²) in [4.78, 5) is 13.9. The first kappa shape index (κ1) is 13.7. The molecule has 1 fully saturated rings. The van der Waals surface area contributed by atoms with Crippen LogP contribution in [0, 0.1) is 0 Å². The van der Waals surface area contributed by atoms with E-state index in [1.165, 1.54) is 12.8 Å². The van der Waals surface area contributed by atoms with Crippen LogP contribution < -0.4 is 10.5 Å². The van der Waals surface area contributed by atoms with Crippen LogP contribution in [0.5, 0.6) is 5.75 Å². The van der Waals surface area contributed by atoms with Crippen LogP contribution in [-0.4, -0.2) is 30.5 Å². The number of nitrogens with two attached hydrogens (primary N) is 1. The van der Waals surface area contributed by atoms with Crippen LogP contribution in [0.1, 0.15) is 32.1 Å². The summed E-state index contributed by atoms with van der Waals surface area (Å²) < 4.78 is 5.54. The molecular weight excluding hydrogens is 240 g/mol. The molecule has 2 rings (SSSR count). The number of carbonyl (C=O) groups excluding carboxylic acids is 1. The van der Waals surface area contributed by atoms with E-state index >= 15 is 0 Å². The van der Waals surface area contributed by atoms with Crippen LogP contribution in [-0.2, 0) is 4.79 Å². The Morgan fingerprint density at radius 2 is 2.16 bits per heavy atom. The first-order valence-electron chi connectivity index (χ1n) is 6.91. The SMILES string of the molecule is CN(C(=O)CCOc1cccc(N)c1)C1CCCC1. The second-order valence-electron chi connectivity index (χ2n) is 5.11. The van der Waals surface area contributed by atoms with Gasteiger partial charge >= 0.3 is 0 Å². The summed E-state index contributed by atoms with van der Waals surface area (Å²) in [5.74, 6) is 0.882. The molecule has 1 aliphatic carbocycles. The van der Waals surface area contributed by atoms with Gasteiger partial charge in [-0.2, -0.15) is 0 Å². The van der Waals surface area contributed by atoms with Gasteiger partial charge in [0.25, 0.3) is 0 Å². The Bertz CT molecular complexity index is 428. The minimum atomic E-state index is 0.163. The molecule has 0 heterocycles. The first-order chi connectivity index (χ1) is 9.16. The number of nitrogens with zero attached hydrogens (tertiary/aromatic N) is 1. The fourth-order valence-corrected chi connectivity index (χ4v) is 2.53. The fourth-order valence-electron chi connectivity index (χ4n) is 2.53. The van der Waals surface area contributed by atoms with E-state index in [4.69, 9.17) is 10.5 Å². The van der Waals surface area contributed by atoms with Gasteiger partial charge in [0, 0.05) is 24.8 Å². The number of carbonyl (C=O) groups is 1. The van der Waals surface area contributed by atoms with E-state index in [0.717, 1.165) is 18.6 Å². The molecule has 0 bridgehead atoms. The van der Waals surface area contributed by atoms with Gasteiger partial charge in [0.2, 0.25) is 5.91 Å². The van der Waals surface area contributed by atoms with Gasteiger partial charge in [0.05, 0.1) is 13.0 Å². The van der Waals surface area contributed by atoms with Crippen LogP contribution in [0.15, 0.2) is 24.3 Å². The molecule has 19 heavy (non-hydrogen) atoms. The van der Waals surface area contributed by atoms with E-state index in [1.54, 1.807) is 6.07 Å². The smallest absolute Gasteiger partial charge is 0.225 e. The standard InChI is InChI=1S/C15H22N2O2/c1-17(13-6-2-3-7-13)15(18)9-10-19-14-8-4-5-12(16)11-14/h4-5,8,11,13H,2-3,6-7,9-10,16H2,1H3. The van der Waals surface area contributed by atoms with Gasteiger partial charge in [-0.1, -0.05) is 18.9 Å². The average molecular weight is 262 g/mol. The number of rotatable bonds is 5. The molecule has 0 radical (unpaired) electrons. The quantitative estimate of drug-likeness (QED) is 0.829. The predicted octanol–water partition coefficient (Wildman–Crippen LogP) is 2.44. The van der Waals surface area contributed by atoms with Crippen LogP contribution in [0.4, 0.5) is 5.69 Å². The molecule has 0 aliphatic heterocycles. The number of hydrogen-bond acceptors (Lipinski definition) is 3. The Kier molecular flexibility index (Phi) is 4.66. The monoisotopic (exact) mass is 262 g/mol. The molecule has 0 atom stereocenters. The number of benzene rings is 1. The molecule has 1 amide bonds. The molecule has 1 aliphatic rings. The van der Waals surface area contributed by atoms with E-state index in [1.807, 2.05) is 30.1 Å². The predicted molar refractivity (Wildman–Crippen MR) is 76.0 cm³/mol. The van der Waals surface area contributed by atoms with Crippen molar-refractivity contribution < 1.29 is 9.53 Å². The van der Waals surface area contributed by atoms with Crippen molar-refractivity contribution in [1.29, 1.82) is 0 Å². The molecule has 104 valence electrons. The Balaban J connectivity index is 1.74. The zero-order valence-electron chi connectivity index (χ0n) is 11.5. The Labute approximate surface area is 114 Å². The maximum absolute atomic E-state index is 12.0. The summed E-state index contributed by atoms with van der Waals surface area (Å²) in [6.45, 7) is 0.402. The van der Waals surface area contributed by atoms with Crippen LogP contribution in [0.3, 0.4) is 0 Å². The second-order valence-corrected chi connectivity index (χ2v) is 5.11. The van der Waals surface area contributed by atoms with Gasteiger partial charge in [-0.15, -0.1) is 0 Å². The molecule has 1 aromatic rings. The average Bonchev–Trinajstić information content (AvgIpc) is 2.91. The van der Waals surface area contributed by atoms with Crippen molar-refractivity contribution in [2.45, 2.75) is 38.1 Å². The maximum Gasteiger partial charge on any atom is 0.225 e.